The van der Waals surface area contributed by atoms with Gasteiger partial charge < -0.3 is 24.0 Å². The van der Waals surface area contributed by atoms with Gasteiger partial charge in [0.25, 0.3) is 0 Å². The van der Waals surface area contributed by atoms with Gasteiger partial charge in [-0.25, -0.2) is 4.79 Å². The molecule has 3 rings (SSSR count). The van der Waals surface area contributed by atoms with Crippen molar-refractivity contribution in [2.75, 3.05) is 44.9 Å². The lowest BCUT2D eigenvalue weighted by Crippen LogP contribution is -2.43. The number of halogens is 1. The van der Waals surface area contributed by atoms with Gasteiger partial charge in [-0.05, 0) is 73.7 Å². The number of hydrogen-bond donors (Lipinski definition) is 0. The standard InChI is InChI=1S/C21H31BrN2O4/c1-14-13-27-17-12-15-6-8-23(20(25)28-21(2,3)4)9-7-16(15)18(22)19(17)24(14)10-11-26-5/h12,14H,6-11,13H2,1-5H3/t14-/m0/s1. The number of methoxy groups -OCH3 is 1. The molecular weight excluding hydrogens is 424 g/mol. The summed E-state index contributed by atoms with van der Waals surface area (Å²) in [6, 6.07) is 2.43. The van der Waals surface area contributed by atoms with E-state index in [0.29, 0.717) is 26.3 Å². The minimum atomic E-state index is -0.484. The molecule has 0 spiro atoms. The van der Waals surface area contributed by atoms with Crippen LogP contribution in [-0.2, 0) is 22.3 Å². The van der Waals surface area contributed by atoms with Crippen molar-refractivity contribution >= 4 is 27.7 Å². The van der Waals surface area contributed by atoms with Crippen LogP contribution in [0, 0.1) is 0 Å². The Morgan fingerprint density at radius 2 is 2.04 bits per heavy atom. The second-order valence-electron chi connectivity index (χ2n) is 8.49. The first-order chi connectivity index (χ1) is 13.2. The first kappa shape index (κ1) is 21.2. The van der Waals surface area contributed by atoms with E-state index in [0.717, 1.165) is 35.3 Å². The van der Waals surface area contributed by atoms with E-state index in [9.17, 15) is 4.79 Å². The molecule has 1 aromatic carbocycles. The Hall–Kier alpha value is -1.47. The van der Waals surface area contributed by atoms with E-state index in [2.05, 4.69) is 33.8 Å². The molecule has 0 bridgehead atoms. The summed E-state index contributed by atoms with van der Waals surface area (Å²) in [6.07, 6.45) is 1.33. The number of carbonyl (C=O) groups is 1. The molecule has 1 amide bonds. The van der Waals surface area contributed by atoms with Crippen molar-refractivity contribution in [2.45, 2.75) is 52.2 Å². The Morgan fingerprint density at radius 1 is 1.32 bits per heavy atom. The van der Waals surface area contributed by atoms with E-state index in [4.69, 9.17) is 14.2 Å². The van der Waals surface area contributed by atoms with Crippen LogP contribution in [0.15, 0.2) is 10.5 Å². The molecule has 0 radical (unpaired) electrons. The highest BCUT2D eigenvalue weighted by molar-refractivity contribution is 9.10. The van der Waals surface area contributed by atoms with Gasteiger partial charge in [-0.3, -0.25) is 0 Å². The zero-order valence-corrected chi connectivity index (χ0v) is 19.1. The lowest BCUT2D eigenvalue weighted by Gasteiger charge is -2.38. The van der Waals surface area contributed by atoms with E-state index >= 15 is 0 Å². The number of hydrogen-bond acceptors (Lipinski definition) is 5. The molecule has 2 heterocycles. The predicted octanol–water partition coefficient (Wildman–Crippen LogP) is 4.02. The minimum Gasteiger partial charge on any atom is -0.489 e. The first-order valence-corrected chi connectivity index (χ1v) is 10.7. The first-order valence-electron chi connectivity index (χ1n) is 9.92. The van der Waals surface area contributed by atoms with Crippen LogP contribution >= 0.6 is 15.9 Å². The van der Waals surface area contributed by atoms with Gasteiger partial charge in [0.2, 0.25) is 0 Å². The van der Waals surface area contributed by atoms with Crippen LogP contribution in [-0.4, -0.2) is 62.6 Å². The highest BCUT2D eigenvalue weighted by atomic mass is 79.9. The summed E-state index contributed by atoms with van der Waals surface area (Å²) < 4.78 is 18.0. The molecule has 2 aliphatic heterocycles. The van der Waals surface area contributed by atoms with Gasteiger partial charge >= 0.3 is 6.09 Å². The monoisotopic (exact) mass is 454 g/mol. The van der Waals surface area contributed by atoms with E-state index < -0.39 is 5.60 Å². The highest BCUT2D eigenvalue weighted by Gasteiger charge is 2.31. The van der Waals surface area contributed by atoms with Crippen molar-refractivity contribution in [3.8, 4) is 5.75 Å². The number of amides is 1. The smallest absolute Gasteiger partial charge is 0.410 e. The average Bonchev–Trinajstić information content (AvgIpc) is 2.83. The van der Waals surface area contributed by atoms with E-state index in [1.165, 1.54) is 11.1 Å². The van der Waals surface area contributed by atoms with Crippen molar-refractivity contribution in [1.82, 2.24) is 4.90 Å². The van der Waals surface area contributed by atoms with Crippen LogP contribution in [0.5, 0.6) is 5.75 Å². The van der Waals surface area contributed by atoms with E-state index in [1.54, 1.807) is 7.11 Å². The Morgan fingerprint density at radius 3 is 2.71 bits per heavy atom. The van der Waals surface area contributed by atoms with Crippen LogP contribution < -0.4 is 9.64 Å². The van der Waals surface area contributed by atoms with Crippen LogP contribution in [0.3, 0.4) is 0 Å². The fourth-order valence-corrected chi connectivity index (χ4v) is 4.62. The molecule has 1 atom stereocenters. The fraction of sp³-hybridized carbons (Fsp3) is 0.667. The number of nitrogens with zero attached hydrogens (tertiary/aromatic N) is 2. The summed E-state index contributed by atoms with van der Waals surface area (Å²) in [5.74, 6) is 0.908. The third-order valence-electron chi connectivity index (χ3n) is 5.17. The second kappa shape index (κ2) is 8.49. The van der Waals surface area contributed by atoms with Crippen molar-refractivity contribution in [2.24, 2.45) is 0 Å². The summed E-state index contributed by atoms with van der Waals surface area (Å²) >= 11 is 3.86. The van der Waals surface area contributed by atoms with Crippen molar-refractivity contribution in [1.29, 1.82) is 0 Å². The van der Waals surface area contributed by atoms with Crippen LogP contribution in [0.25, 0.3) is 0 Å². The molecule has 0 aromatic heterocycles. The van der Waals surface area contributed by atoms with Gasteiger partial charge in [-0.1, -0.05) is 0 Å². The van der Waals surface area contributed by atoms with E-state index in [1.807, 2.05) is 25.7 Å². The SMILES string of the molecule is COCCN1c2c(cc3c(c2Br)CCN(C(=O)OC(C)(C)C)CC3)OC[C@@H]1C. The largest absolute Gasteiger partial charge is 0.489 e. The summed E-state index contributed by atoms with van der Waals surface area (Å²) in [4.78, 5) is 16.7. The molecule has 28 heavy (non-hydrogen) atoms. The van der Waals surface area contributed by atoms with Gasteiger partial charge in [0.05, 0.1) is 18.3 Å². The number of carbonyl (C=O) groups excluding carboxylic acids is 1. The van der Waals surface area contributed by atoms with Gasteiger partial charge in [-0.15, -0.1) is 0 Å². The maximum atomic E-state index is 12.5. The molecule has 156 valence electrons. The van der Waals surface area contributed by atoms with Gasteiger partial charge in [-0.2, -0.15) is 0 Å². The Labute approximate surface area is 176 Å². The Bertz CT molecular complexity index is 732. The quantitative estimate of drug-likeness (QED) is 0.689. The molecule has 0 saturated carbocycles. The van der Waals surface area contributed by atoms with Crippen molar-refractivity contribution < 1.29 is 19.0 Å². The normalized spacial score (nSPS) is 19.4. The minimum absolute atomic E-state index is 0.243. The molecule has 0 aliphatic carbocycles. The molecule has 7 heteroatoms. The number of fused-ring (bicyclic) bond motifs is 2. The summed E-state index contributed by atoms with van der Waals surface area (Å²) in [5.41, 5.74) is 3.10. The van der Waals surface area contributed by atoms with E-state index in [-0.39, 0.29) is 12.1 Å². The molecule has 0 N–H and O–H groups in total. The van der Waals surface area contributed by atoms with Crippen LogP contribution in [0.2, 0.25) is 0 Å². The zero-order chi connectivity index (χ0) is 20.5. The number of ether oxygens (including phenoxy) is 3. The average molecular weight is 455 g/mol. The molecular formula is C21H31BrN2O4. The summed E-state index contributed by atoms with van der Waals surface area (Å²) in [6.45, 7) is 11.3. The zero-order valence-electron chi connectivity index (χ0n) is 17.5. The summed E-state index contributed by atoms with van der Waals surface area (Å²) in [5, 5.41) is 0. The van der Waals surface area contributed by atoms with Gasteiger partial charge in [0, 0.05) is 31.2 Å². The number of anilines is 1. The Balaban J connectivity index is 1.86. The number of benzene rings is 1. The topological polar surface area (TPSA) is 51.2 Å². The predicted molar refractivity (Wildman–Crippen MR) is 114 cm³/mol. The van der Waals surface area contributed by atoms with Crippen molar-refractivity contribution in [3.05, 3.63) is 21.7 Å². The Kier molecular flexibility index (Phi) is 6.44. The maximum Gasteiger partial charge on any atom is 0.410 e. The van der Waals surface area contributed by atoms with Crippen LogP contribution in [0.4, 0.5) is 10.5 Å². The molecule has 2 aliphatic rings. The molecule has 0 unspecified atom stereocenters. The van der Waals surface area contributed by atoms with Crippen molar-refractivity contribution in [3.63, 3.8) is 0 Å². The molecule has 0 fully saturated rings. The number of rotatable bonds is 3. The van der Waals surface area contributed by atoms with Gasteiger partial charge in [0.15, 0.2) is 0 Å². The fourth-order valence-electron chi connectivity index (χ4n) is 3.74. The summed E-state index contributed by atoms with van der Waals surface area (Å²) in [7, 11) is 1.73. The second-order valence-corrected chi connectivity index (χ2v) is 9.28. The molecule has 0 saturated heterocycles. The van der Waals surface area contributed by atoms with Gasteiger partial charge in [0.1, 0.15) is 18.0 Å². The third kappa shape index (κ3) is 4.57. The highest BCUT2D eigenvalue weighted by Crippen LogP contribution is 2.44. The lowest BCUT2D eigenvalue weighted by molar-refractivity contribution is 0.0258. The maximum absolute atomic E-state index is 12.5. The van der Waals surface area contributed by atoms with Crippen LogP contribution in [0.1, 0.15) is 38.8 Å². The third-order valence-corrected chi connectivity index (χ3v) is 6.02. The molecule has 1 aromatic rings. The lowest BCUT2D eigenvalue weighted by atomic mass is 9.99. The molecule has 6 nitrogen and oxygen atoms in total.